The molecule has 1 heterocycles. The number of rotatable bonds is 4. The quantitative estimate of drug-likeness (QED) is 0.586. The van der Waals surface area contributed by atoms with E-state index in [0.29, 0.717) is 19.5 Å². The molecule has 1 rings (SSSR count). The molecule has 1 aliphatic rings. The van der Waals surface area contributed by atoms with Crippen LogP contribution >= 0.6 is 0 Å². The van der Waals surface area contributed by atoms with Crippen LogP contribution in [0.5, 0.6) is 0 Å². The summed E-state index contributed by atoms with van der Waals surface area (Å²) in [4.78, 5) is 23.7. The van der Waals surface area contributed by atoms with Gasteiger partial charge in [-0.1, -0.05) is 0 Å². The van der Waals surface area contributed by atoms with Crippen molar-refractivity contribution in [3.63, 3.8) is 0 Å². The minimum Gasteiger partial charge on any atom is -0.481 e. The molecule has 0 spiro atoms. The van der Waals surface area contributed by atoms with Crippen molar-refractivity contribution in [1.82, 2.24) is 15.5 Å². The third-order valence-electron chi connectivity index (χ3n) is 2.47. The van der Waals surface area contributed by atoms with E-state index < -0.39 is 5.97 Å². The van der Waals surface area contributed by atoms with Crippen molar-refractivity contribution in [1.29, 1.82) is 0 Å². The van der Waals surface area contributed by atoms with Gasteiger partial charge in [-0.2, -0.15) is 0 Å². The molecule has 0 radical (unpaired) electrons. The molecule has 3 N–H and O–H groups in total. The summed E-state index contributed by atoms with van der Waals surface area (Å²) in [6.07, 6.45) is 1.54. The molecule has 0 aromatic rings. The summed E-state index contributed by atoms with van der Waals surface area (Å²) in [5.74, 6) is -0.826. The summed E-state index contributed by atoms with van der Waals surface area (Å²) < 4.78 is 0. The largest absolute Gasteiger partial charge is 0.481 e. The Balaban J connectivity index is 2.15. The molecule has 1 aliphatic heterocycles. The zero-order valence-corrected chi connectivity index (χ0v) is 9.37. The summed E-state index contributed by atoms with van der Waals surface area (Å²) >= 11 is 0. The highest BCUT2D eigenvalue weighted by Gasteiger charge is 2.14. The van der Waals surface area contributed by atoms with Gasteiger partial charge >= 0.3 is 12.0 Å². The van der Waals surface area contributed by atoms with Crippen LogP contribution in [-0.4, -0.2) is 54.7 Å². The van der Waals surface area contributed by atoms with Gasteiger partial charge in [0.1, 0.15) is 0 Å². The number of hydrogen-bond donors (Lipinski definition) is 3. The maximum Gasteiger partial charge on any atom is 0.317 e. The molecule has 92 valence electrons. The van der Waals surface area contributed by atoms with Gasteiger partial charge in [0.2, 0.25) is 0 Å². The van der Waals surface area contributed by atoms with E-state index in [2.05, 4.69) is 10.6 Å². The molecule has 16 heavy (non-hydrogen) atoms. The average Bonchev–Trinajstić information content (AvgIpc) is 2.52. The van der Waals surface area contributed by atoms with Gasteiger partial charge in [0.05, 0.1) is 0 Å². The number of carbonyl (C=O) groups excluding carboxylic acids is 1. The van der Waals surface area contributed by atoms with Gasteiger partial charge in [-0.05, 0) is 19.4 Å². The van der Waals surface area contributed by atoms with Gasteiger partial charge in [0.25, 0.3) is 0 Å². The number of aliphatic carboxylic acids is 1. The minimum atomic E-state index is -0.826. The van der Waals surface area contributed by atoms with Crippen LogP contribution in [0, 0.1) is 0 Å². The Labute approximate surface area is 95.0 Å². The Bertz CT molecular complexity index is 237. The van der Waals surface area contributed by atoms with Gasteiger partial charge in [0.15, 0.2) is 0 Å². The van der Waals surface area contributed by atoms with Crippen molar-refractivity contribution in [2.24, 2.45) is 0 Å². The van der Waals surface area contributed by atoms with E-state index in [1.807, 2.05) is 0 Å². The van der Waals surface area contributed by atoms with Gasteiger partial charge in [0, 0.05) is 32.6 Å². The highest BCUT2D eigenvalue weighted by Crippen LogP contribution is 1.96. The lowest BCUT2D eigenvalue weighted by Crippen LogP contribution is -2.42. The van der Waals surface area contributed by atoms with E-state index in [9.17, 15) is 9.59 Å². The number of nitrogens with one attached hydrogen (secondary N) is 2. The Hall–Kier alpha value is -1.30. The third-order valence-corrected chi connectivity index (χ3v) is 2.47. The lowest BCUT2D eigenvalue weighted by molar-refractivity contribution is -0.137. The lowest BCUT2D eigenvalue weighted by Gasteiger charge is -2.20. The predicted octanol–water partition coefficient (Wildman–Crippen LogP) is -0.144. The minimum absolute atomic E-state index is 0.0888. The van der Waals surface area contributed by atoms with Crippen LogP contribution in [0.15, 0.2) is 0 Å². The first-order chi connectivity index (χ1) is 7.70. The number of nitrogens with zero attached hydrogens (tertiary/aromatic N) is 1. The van der Waals surface area contributed by atoms with Crippen LogP contribution in [-0.2, 0) is 4.79 Å². The zero-order chi connectivity index (χ0) is 11.8. The van der Waals surface area contributed by atoms with Gasteiger partial charge in [-0.15, -0.1) is 0 Å². The Morgan fingerprint density at radius 3 is 2.88 bits per heavy atom. The van der Waals surface area contributed by atoms with Crippen molar-refractivity contribution >= 4 is 12.0 Å². The van der Waals surface area contributed by atoms with Gasteiger partial charge in [-0.25, -0.2) is 4.79 Å². The number of urea groups is 1. The number of carboxylic acid groups (broad SMARTS) is 1. The monoisotopic (exact) mass is 229 g/mol. The van der Waals surface area contributed by atoms with Gasteiger partial charge in [-0.3, -0.25) is 4.79 Å². The van der Waals surface area contributed by atoms with Crippen molar-refractivity contribution < 1.29 is 14.7 Å². The van der Waals surface area contributed by atoms with Gasteiger partial charge < -0.3 is 20.6 Å². The van der Waals surface area contributed by atoms with E-state index in [1.165, 1.54) is 0 Å². The molecule has 0 atom stereocenters. The maximum atomic E-state index is 11.6. The SMILES string of the molecule is O=C(O)CCCNC(=O)N1CCCNCC1. The van der Waals surface area contributed by atoms with E-state index in [-0.39, 0.29) is 12.5 Å². The van der Waals surface area contributed by atoms with Crippen molar-refractivity contribution in [3.05, 3.63) is 0 Å². The molecule has 0 unspecified atom stereocenters. The fraction of sp³-hybridized carbons (Fsp3) is 0.800. The van der Waals surface area contributed by atoms with Crippen molar-refractivity contribution in [3.8, 4) is 0 Å². The summed E-state index contributed by atoms with van der Waals surface area (Å²) in [7, 11) is 0. The first kappa shape index (κ1) is 12.8. The van der Waals surface area contributed by atoms with Crippen LogP contribution in [0.25, 0.3) is 0 Å². The summed E-state index contributed by atoms with van der Waals surface area (Å²) in [5, 5.41) is 14.4. The second kappa shape index (κ2) is 7.05. The molecular weight excluding hydrogens is 210 g/mol. The molecule has 0 saturated carbocycles. The Morgan fingerprint density at radius 2 is 2.12 bits per heavy atom. The lowest BCUT2D eigenvalue weighted by atomic mass is 10.3. The van der Waals surface area contributed by atoms with Crippen LogP contribution in [0.1, 0.15) is 19.3 Å². The molecule has 6 heteroatoms. The van der Waals surface area contributed by atoms with E-state index in [0.717, 1.165) is 26.1 Å². The first-order valence-corrected chi connectivity index (χ1v) is 5.65. The fourth-order valence-electron chi connectivity index (χ4n) is 1.60. The second-order valence-corrected chi connectivity index (χ2v) is 3.82. The molecule has 0 aromatic carbocycles. The molecule has 2 amide bonds. The molecular formula is C10H19N3O3. The number of carbonyl (C=O) groups is 2. The van der Waals surface area contributed by atoms with Crippen LogP contribution in [0.2, 0.25) is 0 Å². The van der Waals surface area contributed by atoms with Crippen LogP contribution in [0.3, 0.4) is 0 Å². The highest BCUT2D eigenvalue weighted by atomic mass is 16.4. The topological polar surface area (TPSA) is 81.7 Å². The first-order valence-electron chi connectivity index (χ1n) is 5.65. The predicted molar refractivity (Wildman–Crippen MR) is 59.3 cm³/mol. The van der Waals surface area contributed by atoms with Crippen LogP contribution < -0.4 is 10.6 Å². The Kier molecular flexibility index (Phi) is 5.63. The Morgan fingerprint density at radius 1 is 1.31 bits per heavy atom. The smallest absolute Gasteiger partial charge is 0.317 e. The summed E-state index contributed by atoms with van der Waals surface area (Å²) in [6.45, 7) is 3.67. The van der Waals surface area contributed by atoms with E-state index in [1.54, 1.807) is 4.90 Å². The molecule has 0 aliphatic carbocycles. The number of hydrogen-bond acceptors (Lipinski definition) is 3. The maximum absolute atomic E-state index is 11.6. The molecule has 1 fully saturated rings. The summed E-state index contributed by atoms with van der Waals surface area (Å²) in [5.41, 5.74) is 0. The van der Waals surface area contributed by atoms with E-state index in [4.69, 9.17) is 5.11 Å². The number of carboxylic acids is 1. The fourth-order valence-corrected chi connectivity index (χ4v) is 1.60. The van der Waals surface area contributed by atoms with Crippen molar-refractivity contribution in [2.45, 2.75) is 19.3 Å². The number of amides is 2. The average molecular weight is 229 g/mol. The molecule has 6 nitrogen and oxygen atoms in total. The van der Waals surface area contributed by atoms with Crippen LogP contribution in [0.4, 0.5) is 4.79 Å². The summed E-state index contributed by atoms with van der Waals surface area (Å²) in [6, 6.07) is -0.0888. The highest BCUT2D eigenvalue weighted by molar-refractivity contribution is 5.74. The normalized spacial score (nSPS) is 16.6. The third kappa shape index (κ3) is 4.97. The van der Waals surface area contributed by atoms with E-state index >= 15 is 0 Å². The zero-order valence-electron chi connectivity index (χ0n) is 9.37. The standard InChI is InChI=1S/C10H19N3O3/c14-9(15)3-1-5-12-10(16)13-7-2-4-11-6-8-13/h11H,1-8H2,(H,12,16)(H,14,15). The molecule has 1 saturated heterocycles. The molecule has 0 aromatic heterocycles. The van der Waals surface area contributed by atoms with Crippen molar-refractivity contribution in [2.75, 3.05) is 32.7 Å². The molecule has 0 bridgehead atoms. The second-order valence-electron chi connectivity index (χ2n) is 3.82.